The van der Waals surface area contributed by atoms with Crippen LogP contribution in [0.25, 0.3) is 0 Å². The summed E-state index contributed by atoms with van der Waals surface area (Å²) < 4.78 is 27.3. The predicted octanol–water partition coefficient (Wildman–Crippen LogP) is 3.50. The van der Waals surface area contributed by atoms with Crippen molar-refractivity contribution in [3.05, 3.63) is 120 Å². The van der Waals surface area contributed by atoms with E-state index in [0.29, 0.717) is 24.6 Å². The van der Waals surface area contributed by atoms with Crippen LogP contribution in [0.3, 0.4) is 0 Å². The number of nitrogens with zero attached hydrogens (tertiary/aromatic N) is 2. The third-order valence-corrected chi connectivity index (χ3v) is 6.65. The summed E-state index contributed by atoms with van der Waals surface area (Å²) >= 11 is 0. The summed E-state index contributed by atoms with van der Waals surface area (Å²) in [5, 5.41) is 6.03. The van der Waals surface area contributed by atoms with Crippen LogP contribution in [-0.4, -0.2) is 24.3 Å². The maximum atomic E-state index is 12.5. The number of anilines is 1. The Morgan fingerprint density at radius 1 is 0.686 bits per heavy atom. The van der Waals surface area contributed by atoms with E-state index in [1.807, 2.05) is 36.4 Å². The van der Waals surface area contributed by atoms with Crippen molar-refractivity contribution in [3.8, 4) is 0 Å². The fourth-order valence-electron chi connectivity index (χ4n) is 3.27. The van der Waals surface area contributed by atoms with Crippen LogP contribution >= 0.6 is 0 Å². The molecule has 3 N–H and O–H groups in total. The minimum absolute atomic E-state index is 0.171. The summed E-state index contributed by atoms with van der Waals surface area (Å²) in [5.74, 6) is 0.379. The Kier molecular flexibility index (Phi) is 7.81. The lowest BCUT2D eigenvalue weighted by molar-refractivity contribution is 0.0951. The van der Waals surface area contributed by atoms with Gasteiger partial charge >= 0.3 is 0 Å². The van der Waals surface area contributed by atoms with E-state index < -0.39 is 10.0 Å². The van der Waals surface area contributed by atoms with Gasteiger partial charge in [-0.25, -0.2) is 23.1 Å². The van der Waals surface area contributed by atoms with Crippen molar-refractivity contribution in [3.63, 3.8) is 0 Å². The third kappa shape index (κ3) is 6.95. The third-order valence-electron chi connectivity index (χ3n) is 5.23. The smallest absolute Gasteiger partial charge is 0.251 e. The van der Waals surface area contributed by atoms with Crippen molar-refractivity contribution in [2.75, 3.05) is 5.32 Å². The standard InChI is InChI=1S/C26H25N5O3S/c32-25(23-13-11-21(12-14-23)18-30-26-27-15-4-16-28-26)29-17-20-7-9-22(10-8-20)19-31-35(33,34)24-5-2-1-3-6-24/h1-16,31H,17-19H2,(H,29,32)(H,27,28,30). The Morgan fingerprint density at radius 2 is 1.26 bits per heavy atom. The fraction of sp³-hybridized carbons (Fsp3) is 0.115. The lowest BCUT2D eigenvalue weighted by Crippen LogP contribution is -2.23. The molecule has 0 fully saturated rings. The number of rotatable bonds is 10. The lowest BCUT2D eigenvalue weighted by Gasteiger charge is -2.09. The van der Waals surface area contributed by atoms with Gasteiger partial charge in [-0.3, -0.25) is 4.79 Å². The molecule has 9 heteroatoms. The molecule has 0 spiro atoms. The number of aromatic nitrogens is 2. The normalized spacial score (nSPS) is 11.1. The highest BCUT2D eigenvalue weighted by molar-refractivity contribution is 7.89. The fourth-order valence-corrected chi connectivity index (χ4v) is 4.30. The van der Waals surface area contributed by atoms with E-state index in [2.05, 4.69) is 25.3 Å². The summed E-state index contributed by atoms with van der Waals surface area (Å²) in [5.41, 5.74) is 3.31. The van der Waals surface area contributed by atoms with E-state index in [4.69, 9.17) is 0 Å². The zero-order valence-electron chi connectivity index (χ0n) is 18.9. The topological polar surface area (TPSA) is 113 Å². The molecule has 0 saturated carbocycles. The van der Waals surface area contributed by atoms with Gasteiger partial charge < -0.3 is 10.6 Å². The molecule has 0 bridgehead atoms. The van der Waals surface area contributed by atoms with Gasteiger partial charge in [-0.1, -0.05) is 54.6 Å². The van der Waals surface area contributed by atoms with Gasteiger partial charge in [-0.05, 0) is 47.0 Å². The molecular weight excluding hydrogens is 462 g/mol. The van der Waals surface area contributed by atoms with Gasteiger partial charge in [-0.2, -0.15) is 0 Å². The number of hydrogen-bond donors (Lipinski definition) is 3. The van der Waals surface area contributed by atoms with Gasteiger partial charge in [0.25, 0.3) is 5.91 Å². The Bertz CT molecular complexity index is 1350. The first-order chi connectivity index (χ1) is 17.0. The molecule has 178 valence electrons. The van der Waals surface area contributed by atoms with E-state index in [0.717, 1.165) is 16.7 Å². The van der Waals surface area contributed by atoms with Gasteiger partial charge in [0.05, 0.1) is 4.90 Å². The van der Waals surface area contributed by atoms with Crippen LogP contribution in [0.15, 0.2) is 102 Å². The highest BCUT2D eigenvalue weighted by Gasteiger charge is 2.12. The number of sulfonamides is 1. The Balaban J connectivity index is 1.24. The first kappa shape index (κ1) is 24.1. The minimum atomic E-state index is -3.56. The van der Waals surface area contributed by atoms with Gasteiger partial charge in [0.15, 0.2) is 0 Å². The van der Waals surface area contributed by atoms with Crippen LogP contribution in [-0.2, 0) is 29.7 Å². The summed E-state index contributed by atoms with van der Waals surface area (Å²) in [7, 11) is -3.56. The molecule has 0 radical (unpaired) electrons. The molecular formula is C26H25N5O3S. The molecule has 1 heterocycles. The van der Waals surface area contributed by atoms with Crippen molar-refractivity contribution < 1.29 is 13.2 Å². The average molecular weight is 488 g/mol. The number of nitrogens with one attached hydrogen (secondary N) is 3. The Labute approximate surface area is 204 Å². The van der Waals surface area contributed by atoms with Gasteiger partial charge in [0.1, 0.15) is 0 Å². The van der Waals surface area contributed by atoms with Crippen molar-refractivity contribution in [2.45, 2.75) is 24.5 Å². The van der Waals surface area contributed by atoms with Crippen LogP contribution in [0.2, 0.25) is 0 Å². The van der Waals surface area contributed by atoms with Crippen molar-refractivity contribution in [2.24, 2.45) is 0 Å². The van der Waals surface area contributed by atoms with Crippen LogP contribution in [0.4, 0.5) is 5.95 Å². The summed E-state index contributed by atoms with van der Waals surface area (Å²) in [6.07, 6.45) is 3.34. The van der Waals surface area contributed by atoms with Gasteiger partial charge in [-0.15, -0.1) is 0 Å². The van der Waals surface area contributed by atoms with E-state index >= 15 is 0 Å². The zero-order valence-corrected chi connectivity index (χ0v) is 19.7. The Morgan fingerprint density at radius 3 is 1.91 bits per heavy atom. The molecule has 0 unspecified atom stereocenters. The molecule has 1 amide bonds. The summed E-state index contributed by atoms with van der Waals surface area (Å²) in [6, 6.07) is 24.7. The molecule has 8 nitrogen and oxygen atoms in total. The number of hydrogen-bond acceptors (Lipinski definition) is 6. The van der Waals surface area contributed by atoms with E-state index in [-0.39, 0.29) is 17.3 Å². The van der Waals surface area contributed by atoms with Crippen molar-refractivity contribution in [1.29, 1.82) is 0 Å². The molecule has 0 aliphatic rings. The van der Waals surface area contributed by atoms with Crippen molar-refractivity contribution in [1.82, 2.24) is 20.0 Å². The van der Waals surface area contributed by atoms with E-state index in [1.54, 1.807) is 60.9 Å². The molecule has 0 aliphatic heterocycles. The second-order valence-electron chi connectivity index (χ2n) is 7.76. The minimum Gasteiger partial charge on any atom is -0.350 e. The predicted molar refractivity (Wildman–Crippen MR) is 134 cm³/mol. The SMILES string of the molecule is O=C(NCc1ccc(CNS(=O)(=O)c2ccccc2)cc1)c1ccc(CNc2ncccn2)cc1. The van der Waals surface area contributed by atoms with Crippen LogP contribution in [0, 0.1) is 0 Å². The maximum Gasteiger partial charge on any atom is 0.251 e. The second kappa shape index (κ2) is 11.4. The molecule has 0 aliphatic carbocycles. The first-order valence-corrected chi connectivity index (χ1v) is 12.5. The number of amides is 1. The summed E-state index contributed by atoms with van der Waals surface area (Å²) in [4.78, 5) is 21.0. The molecule has 0 saturated heterocycles. The molecule has 3 aromatic carbocycles. The lowest BCUT2D eigenvalue weighted by atomic mass is 10.1. The van der Waals surface area contributed by atoms with E-state index in [9.17, 15) is 13.2 Å². The van der Waals surface area contributed by atoms with Gasteiger partial charge in [0, 0.05) is 37.6 Å². The molecule has 4 aromatic rings. The molecule has 35 heavy (non-hydrogen) atoms. The van der Waals surface area contributed by atoms with Crippen LogP contribution in [0.1, 0.15) is 27.0 Å². The second-order valence-corrected chi connectivity index (χ2v) is 9.53. The molecule has 1 aromatic heterocycles. The highest BCUT2D eigenvalue weighted by Crippen LogP contribution is 2.11. The average Bonchev–Trinajstić information content (AvgIpc) is 2.91. The number of benzene rings is 3. The number of carbonyl (C=O) groups excluding carboxylic acids is 1. The maximum absolute atomic E-state index is 12.5. The van der Waals surface area contributed by atoms with E-state index in [1.165, 1.54) is 0 Å². The van der Waals surface area contributed by atoms with Crippen LogP contribution in [0.5, 0.6) is 0 Å². The molecule has 0 atom stereocenters. The Hall–Kier alpha value is -4.08. The first-order valence-electron chi connectivity index (χ1n) is 11.0. The van der Waals surface area contributed by atoms with Gasteiger partial charge in [0.2, 0.25) is 16.0 Å². The number of carbonyl (C=O) groups is 1. The summed E-state index contributed by atoms with van der Waals surface area (Å²) in [6.45, 7) is 1.10. The van der Waals surface area contributed by atoms with Crippen LogP contribution < -0.4 is 15.4 Å². The largest absolute Gasteiger partial charge is 0.350 e. The highest BCUT2D eigenvalue weighted by atomic mass is 32.2. The molecule has 4 rings (SSSR count). The van der Waals surface area contributed by atoms with Crippen molar-refractivity contribution >= 4 is 21.9 Å². The zero-order chi connectivity index (χ0) is 24.5. The quantitative estimate of drug-likeness (QED) is 0.316. The monoisotopic (exact) mass is 487 g/mol.